The van der Waals surface area contributed by atoms with Gasteiger partial charge in [-0.2, -0.15) is 0 Å². The van der Waals surface area contributed by atoms with E-state index in [2.05, 4.69) is 11.9 Å². The van der Waals surface area contributed by atoms with Crippen LogP contribution in [0.3, 0.4) is 0 Å². The number of nitrogen functional groups attached to an aromatic ring is 1. The normalized spacial score (nSPS) is 12.2. The zero-order valence-electron chi connectivity index (χ0n) is 9.56. The quantitative estimate of drug-likeness (QED) is 0.443. The molecule has 1 aromatic rings. The van der Waals surface area contributed by atoms with Gasteiger partial charge in [0, 0.05) is 0 Å². The highest BCUT2D eigenvalue weighted by Gasteiger charge is 2.06. The maximum Gasteiger partial charge on any atom is 0.283 e. The molecule has 5 heteroatoms. The van der Waals surface area contributed by atoms with Crippen LogP contribution in [0.1, 0.15) is 36.5 Å². The molecular formula is C11H17N3O2. The van der Waals surface area contributed by atoms with Gasteiger partial charge in [0.25, 0.3) is 5.91 Å². The molecule has 0 aliphatic rings. The van der Waals surface area contributed by atoms with Crippen LogP contribution in [0.2, 0.25) is 0 Å². The van der Waals surface area contributed by atoms with Gasteiger partial charge in [-0.05, 0) is 25.5 Å². The van der Waals surface area contributed by atoms with Crippen molar-refractivity contribution in [3.8, 4) is 0 Å². The van der Waals surface area contributed by atoms with Crippen molar-refractivity contribution in [2.45, 2.75) is 33.0 Å². The van der Waals surface area contributed by atoms with Crippen LogP contribution in [0.25, 0.3) is 0 Å². The van der Waals surface area contributed by atoms with Crippen molar-refractivity contribution in [2.24, 2.45) is 5.84 Å². The van der Waals surface area contributed by atoms with Crippen molar-refractivity contribution < 1.29 is 9.53 Å². The molecule has 0 fully saturated rings. The molecule has 0 spiro atoms. The Bertz CT molecular complexity index is 355. The fourth-order valence-corrected chi connectivity index (χ4v) is 1.11. The Morgan fingerprint density at radius 3 is 3.00 bits per heavy atom. The summed E-state index contributed by atoms with van der Waals surface area (Å²) in [6, 6.07) is 5.18. The Labute approximate surface area is 95.0 Å². The number of carbonyl (C=O) groups is 1. The smallest absolute Gasteiger partial charge is 0.283 e. The van der Waals surface area contributed by atoms with Gasteiger partial charge in [0.2, 0.25) is 0 Å². The van der Waals surface area contributed by atoms with E-state index in [1.807, 2.05) is 18.4 Å². The van der Waals surface area contributed by atoms with Gasteiger partial charge < -0.3 is 4.74 Å². The van der Waals surface area contributed by atoms with E-state index >= 15 is 0 Å². The van der Waals surface area contributed by atoms with E-state index in [1.54, 1.807) is 12.1 Å². The highest BCUT2D eigenvalue weighted by Crippen LogP contribution is 2.04. The van der Waals surface area contributed by atoms with E-state index < -0.39 is 5.91 Å². The summed E-state index contributed by atoms with van der Waals surface area (Å²) < 4.78 is 5.52. The molecule has 1 rings (SSSR count). The fourth-order valence-electron chi connectivity index (χ4n) is 1.11. The molecule has 0 bridgehead atoms. The fraction of sp³-hybridized carbons (Fsp3) is 0.455. The molecule has 0 saturated heterocycles. The number of amides is 1. The van der Waals surface area contributed by atoms with Crippen molar-refractivity contribution in [3.05, 3.63) is 29.6 Å². The first-order chi connectivity index (χ1) is 7.67. The topological polar surface area (TPSA) is 77.2 Å². The molecule has 16 heavy (non-hydrogen) atoms. The van der Waals surface area contributed by atoms with Crippen LogP contribution in [0.15, 0.2) is 18.2 Å². The van der Waals surface area contributed by atoms with Crippen molar-refractivity contribution in [3.63, 3.8) is 0 Å². The Balaban J connectivity index is 2.64. The molecule has 0 radical (unpaired) electrons. The summed E-state index contributed by atoms with van der Waals surface area (Å²) in [6.07, 6.45) is 1.14. The number of rotatable bonds is 5. The van der Waals surface area contributed by atoms with Gasteiger partial charge in [-0.3, -0.25) is 10.2 Å². The molecule has 0 aromatic carbocycles. The van der Waals surface area contributed by atoms with E-state index in [1.165, 1.54) is 0 Å². The minimum absolute atomic E-state index is 0.189. The van der Waals surface area contributed by atoms with Crippen LogP contribution in [0, 0.1) is 0 Å². The second-order valence-corrected chi connectivity index (χ2v) is 3.52. The van der Waals surface area contributed by atoms with Crippen molar-refractivity contribution >= 4 is 5.91 Å². The summed E-state index contributed by atoms with van der Waals surface area (Å²) in [5.74, 6) is 4.63. The molecule has 1 atom stereocenters. The van der Waals surface area contributed by atoms with Gasteiger partial charge in [0.05, 0.1) is 18.4 Å². The second-order valence-electron chi connectivity index (χ2n) is 3.52. The van der Waals surface area contributed by atoms with E-state index in [0.717, 1.165) is 12.1 Å². The van der Waals surface area contributed by atoms with Crippen LogP contribution in [-0.4, -0.2) is 17.0 Å². The van der Waals surface area contributed by atoms with Crippen LogP contribution in [0.4, 0.5) is 0 Å². The van der Waals surface area contributed by atoms with Crippen LogP contribution < -0.4 is 11.3 Å². The average Bonchev–Trinajstić information content (AvgIpc) is 2.35. The summed E-state index contributed by atoms with van der Waals surface area (Å²) in [7, 11) is 0. The molecular weight excluding hydrogens is 206 g/mol. The Morgan fingerprint density at radius 1 is 1.62 bits per heavy atom. The van der Waals surface area contributed by atoms with Crippen molar-refractivity contribution in [2.75, 3.05) is 0 Å². The number of nitrogens with zero attached hydrogens (tertiary/aromatic N) is 1. The van der Waals surface area contributed by atoms with E-state index in [4.69, 9.17) is 10.6 Å². The number of nitrogens with one attached hydrogen (secondary N) is 1. The highest BCUT2D eigenvalue weighted by atomic mass is 16.5. The third-order valence-electron chi connectivity index (χ3n) is 2.26. The lowest BCUT2D eigenvalue weighted by atomic mass is 10.3. The molecule has 0 aliphatic carbocycles. The highest BCUT2D eigenvalue weighted by molar-refractivity contribution is 5.91. The van der Waals surface area contributed by atoms with E-state index in [0.29, 0.717) is 12.3 Å². The van der Waals surface area contributed by atoms with Gasteiger partial charge >= 0.3 is 0 Å². The number of hydrogen-bond donors (Lipinski definition) is 2. The monoisotopic (exact) mass is 223 g/mol. The largest absolute Gasteiger partial charge is 0.372 e. The van der Waals surface area contributed by atoms with Gasteiger partial charge in [0.1, 0.15) is 5.69 Å². The van der Waals surface area contributed by atoms with Crippen LogP contribution >= 0.6 is 0 Å². The van der Waals surface area contributed by atoms with Gasteiger partial charge in [-0.25, -0.2) is 10.8 Å². The molecule has 3 N–H and O–H groups in total. The lowest BCUT2D eigenvalue weighted by molar-refractivity contribution is 0.0488. The van der Waals surface area contributed by atoms with E-state index in [-0.39, 0.29) is 6.10 Å². The number of nitrogens with two attached hydrogens (primary N) is 1. The lowest BCUT2D eigenvalue weighted by Crippen LogP contribution is -2.30. The van der Waals surface area contributed by atoms with Gasteiger partial charge in [0.15, 0.2) is 0 Å². The first-order valence-electron chi connectivity index (χ1n) is 5.25. The first kappa shape index (κ1) is 12.6. The summed E-state index contributed by atoms with van der Waals surface area (Å²) in [5.41, 5.74) is 3.06. The summed E-state index contributed by atoms with van der Waals surface area (Å²) in [5, 5.41) is 0. The number of hydrazine groups is 1. The number of aromatic nitrogens is 1. The van der Waals surface area contributed by atoms with Crippen LogP contribution in [-0.2, 0) is 11.3 Å². The molecule has 1 unspecified atom stereocenters. The zero-order valence-corrected chi connectivity index (χ0v) is 9.56. The van der Waals surface area contributed by atoms with Crippen molar-refractivity contribution in [1.29, 1.82) is 0 Å². The van der Waals surface area contributed by atoms with E-state index in [9.17, 15) is 4.79 Å². The summed E-state index contributed by atoms with van der Waals surface area (Å²) in [4.78, 5) is 15.4. The zero-order chi connectivity index (χ0) is 12.0. The minimum atomic E-state index is -0.398. The van der Waals surface area contributed by atoms with Crippen molar-refractivity contribution in [1.82, 2.24) is 10.4 Å². The third kappa shape index (κ3) is 3.60. The van der Waals surface area contributed by atoms with Crippen LogP contribution in [0.5, 0.6) is 0 Å². The summed E-state index contributed by atoms with van der Waals surface area (Å²) in [6.45, 7) is 4.45. The molecule has 1 amide bonds. The Hall–Kier alpha value is -1.46. The SMILES string of the molecule is CCC(C)OCc1cccc(C(=O)NN)n1. The Morgan fingerprint density at radius 2 is 2.38 bits per heavy atom. The van der Waals surface area contributed by atoms with Gasteiger partial charge in [-0.15, -0.1) is 0 Å². The number of pyridine rings is 1. The second kappa shape index (κ2) is 6.19. The minimum Gasteiger partial charge on any atom is -0.372 e. The maximum atomic E-state index is 11.2. The molecule has 1 aromatic heterocycles. The molecule has 88 valence electrons. The number of hydrogen-bond acceptors (Lipinski definition) is 4. The molecule has 1 heterocycles. The predicted molar refractivity (Wildman–Crippen MR) is 60.4 cm³/mol. The molecule has 5 nitrogen and oxygen atoms in total. The number of carbonyl (C=O) groups excluding carboxylic acids is 1. The lowest BCUT2D eigenvalue weighted by Gasteiger charge is -2.10. The third-order valence-corrected chi connectivity index (χ3v) is 2.26. The average molecular weight is 223 g/mol. The Kier molecular flexibility index (Phi) is 4.88. The standard InChI is InChI=1S/C11H17N3O2/c1-3-8(2)16-7-9-5-4-6-10(13-9)11(15)14-12/h4-6,8H,3,7,12H2,1-2H3,(H,14,15). The number of ether oxygens (including phenoxy) is 1. The first-order valence-corrected chi connectivity index (χ1v) is 5.25. The van der Waals surface area contributed by atoms with Gasteiger partial charge in [-0.1, -0.05) is 13.0 Å². The predicted octanol–water partition coefficient (Wildman–Crippen LogP) is 1.00. The maximum absolute atomic E-state index is 11.2. The molecule has 0 aliphatic heterocycles. The summed E-state index contributed by atoms with van der Waals surface area (Å²) >= 11 is 0. The molecule has 0 saturated carbocycles.